The zero-order valence-electron chi connectivity index (χ0n) is 9.06. The lowest BCUT2D eigenvalue weighted by atomic mass is 10.0. The lowest BCUT2D eigenvalue weighted by Gasteiger charge is -2.19. The second-order valence-corrected chi connectivity index (χ2v) is 3.74. The molecule has 5 heteroatoms. The highest BCUT2D eigenvalue weighted by Gasteiger charge is 2.27. The van der Waals surface area contributed by atoms with E-state index in [0.29, 0.717) is 6.54 Å². The molecular weight excluding hydrogens is 194 g/mol. The largest absolute Gasteiger partial charge is 0.469 e. The van der Waals surface area contributed by atoms with Gasteiger partial charge in [0.2, 0.25) is 0 Å². The molecule has 0 amide bonds. The molecule has 0 spiro atoms. The molecule has 0 aliphatic carbocycles. The zero-order chi connectivity index (χ0) is 10.8. The van der Waals surface area contributed by atoms with E-state index in [0.717, 1.165) is 30.9 Å². The molecular formula is C10H15N3O2. The van der Waals surface area contributed by atoms with E-state index in [2.05, 4.69) is 10.1 Å². The normalized spacial score (nSPS) is 19.7. The number of ether oxygens (including phenoxy) is 1. The number of fused-ring (bicyclic) bond motifs is 1. The van der Waals surface area contributed by atoms with Crippen molar-refractivity contribution in [1.29, 1.82) is 0 Å². The third-order valence-corrected chi connectivity index (χ3v) is 2.75. The van der Waals surface area contributed by atoms with Crippen LogP contribution in [0.1, 0.15) is 25.0 Å². The molecule has 15 heavy (non-hydrogen) atoms. The van der Waals surface area contributed by atoms with Gasteiger partial charge in [-0.1, -0.05) is 6.92 Å². The van der Waals surface area contributed by atoms with E-state index < -0.39 is 0 Å². The van der Waals surface area contributed by atoms with E-state index >= 15 is 0 Å². The van der Waals surface area contributed by atoms with Crippen molar-refractivity contribution in [1.82, 2.24) is 14.8 Å². The Morgan fingerprint density at radius 3 is 3.13 bits per heavy atom. The maximum absolute atomic E-state index is 11.4. The summed E-state index contributed by atoms with van der Waals surface area (Å²) in [7, 11) is 1.43. The average molecular weight is 209 g/mol. The second kappa shape index (κ2) is 4.00. The predicted octanol–water partition coefficient (Wildman–Crippen LogP) is 0.576. The van der Waals surface area contributed by atoms with Crippen LogP contribution in [0, 0.1) is 5.92 Å². The van der Waals surface area contributed by atoms with Crippen LogP contribution in [-0.4, -0.2) is 27.8 Å². The summed E-state index contributed by atoms with van der Waals surface area (Å²) in [4.78, 5) is 15.8. The van der Waals surface area contributed by atoms with Crippen molar-refractivity contribution in [3.8, 4) is 0 Å². The Morgan fingerprint density at radius 1 is 1.67 bits per heavy atom. The number of rotatable bonds is 2. The molecule has 0 saturated carbocycles. The molecule has 82 valence electrons. The standard InChI is InChI=1S/C10H15N3O2/c1-3-8-11-9-5-4-7(10(14)15-2)6-13(9)12-8/h7H,3-6H2,1-2H3. The van der Waals surface area contributed by atoms with E-state index in [1.165, 1.54) is 7.11 Å². The van der Waals surface area contributed by atoms with Crippen molar-refractivity contribution in [2.45, 2.75) is 32.7 Å². The fourth-order valence-corrected chi connectivity index (χ4v) is 1.87. The predicted molar refractivity (Wildman–Crippen MR) is 53.2 cm³/mol. The lowest BCUT2D eigenvalue weighted by molar-refractivity contribution is -0.146. The van der Waals surface area contributed by atoms with E-state index in [-0.39, 0.29) is 11.9 Å². The summed E-state index contributed by atoms with van der Waals surface area (Å²) in [6.45, 7) is 2.63. The molecule has 0 bridgehead atoms. The van der Waals surface area contributed by atoms with Crippen molar-refractivity contribution < 1.29 is 9.53 Å². The van der Waals surface area contributed by atoms with Gasteiger partial charge in [0.1, 0.15) is 5.82 Å². The fourth-order valence-electron chi connectivity index (χ4n) is 1.87. The monoisotopic (exact) mass is 209 g/mol. The van der Waals surface area contributed by atoms with Gasteiger partial charge in [0.05, 0.1) is 19.6 Å². The van der Waals surface area contributed by atoms with Crippen LogP contribution in [0.5, 0.6) is 0 Å². The van der Waals surface area contributed by atoms with Crippen LogP contribution in [0.2, 0.25) is 0 Å². The van der Waals surface area contributed by atoms with Crippen molar-refractivity contribution in [3.63, 3.8) is 0 Å². The average Bonchev–Trinajstić information content (AvgIpc) is 2.69. The SMILES string of the molecule is CCc1nc2n(n1)CC(C(=O)OC)CC2. The van der Waals surface area contributed by atoms with Gasteiger partial charge in [0, 0.05) is 12.8 Å². The smallest absolute Gasteiger partial charge is 0.310 e. The first-order valence-corrected chi connectivity index (χ1v) is 5.25. The van der Waals surface area contributed by atoms with Gasteiger partial charge in [-0.2, -0.15) is 5.10 Å². The van der Waals surface area contributed by atoms with E-state index in [1.54, 1.807) is 0 Å². The van der Waals surface area contributed by atoms with Crippen molar-refractivity contribution >= 4 is 5.97 Å². The maximum Gasteiger partial charge on any atom is 0.310 e. The Morgan fingerprint density at radius 2 is 2.47 bits per heavy atom. The van der Waals surface area contributed by atoms with Gasteiger partial charge in [-0.25, -0.2) is 9.67 Å². The first-order valence-electron chi connectivity index (χ1n) is 5.25. The van der Waals surface area contributed by atoms with Crippen LogP contribution in [0.3, 0.4) is 0 Å². The number of esters is 1. The van der Waals surface area contributed by atoms with Gasteiger partial charge in [-0.05, 0) is 6.42 Å². The van der Waals surface area contributed by atoms with Gasteiger partial charge in [-0.3, -0.25) is 4.79 Å². The number of aryl methyl sites for hydroxylation is 2. The molecule has 1 unspecified atom stereocenters. The number of carbonyl (C=O) groups excluding carboxylic acids is 1. The van der Waals surface area contributed by atoms with Gasteiger partial charge in [-0.15, -0.1) is 0 Å². The number of aromatic nitrogens is 3. The Labute approximate surface area is 88.4 Å². The van der Waals surface area contributed by atoms with E-state index in [1.807, 2.05) is 11.6 Å². The molecule has 2 rings (SSSR count). The number of methoxy groups -OCH3 is 1. The Bertz CT molecular complexity index is 373. The minimum atomic E-state index is -0.144. The molecule has 1 aromatic rings. The number of carbonyl (C=O) groups is 1. The lowest BCUT2D eigenvalue weighted by Crippen LogP contribution is -2.28. The van der Waals surface area contributed by atoms with Gasteiger partial charge in [0.15, 0.2) is 5.82 Å². The van der Waals surface area contributed by atoms with Crippen molar-refractivity contribution in [3.05, 3.63) is 11.6 Å². The van der Waals surface area contributed by atoms with Crippen LogP contribution in [-0.2, 0) is 28.9 Å². The summed E-state index contributed by atoms with van der Waals surface area (Å²) in [5.41, 5.74) is 0. The van der Waals surface area contributed by atoms with Gasteiger partial charge in [0.25, 0.3) is 0 Å². The quantitative estimate of drug-likeness (QED) is 0.668. The summed E-state index contributed by atoms with van der Waals surface area (Å²) < 4.78 is 6.57. The summed E-state index contributed by atoms with van der Waals surface area (Å²) in [6.07, 6.45) is 2.46. The highest BCUT2D eigenvalue weighted by atomic mass is 16.5. The zero-order valence-corrected chi connectivity index (χ0v) is 9.06. The van der Waals surface area contributed by atoms with Crippen molar-refractivity contribution in [2.75, 3.05) is 7.11 Å². The second-order valence-electron chi connectivity index (χ2n) is 3.74. The van der Waals surface area contributed by atoms with Crippen molar-refractivity contribution in [2.24, 2.45) is 5.92 Å². The highest BCUT2D eigenvalue weighted by Crippen LogP contribution is 2.19. The Kier molecular flexibility index (Phi) is 2.70. The summed E-state index contributed by atoms with van der Waals surface area (Å²) >= 11 is 0. The Balaban J connectivity index is 2.15. The number of nitrogens with zero attached hydrogens (tertiary/aromatic N) is 3. The highest BCUT2D eigenvalue weighted by molar-refractivity contribution is 5.72. The van der Waals surface area contributed by atoms with E-state index in [9.17, 15) is 4.79 Å². The molecule has 0 aromatic carbocycles. The van der Waals surface area contributed by atoms with Gasteiger partial charge < -0.3 is 4.74 Å². The molecule has 5 nitrogen and oxygen atoms in total. The molecule has 2 heterocycles. The third kappa shape index (κ3) is 1.86. The third-order valence-electron chi connectivity index (χ3n) is 2.75. The fraction of sp³-hybridized carbons (Fsp3) is 0.700. The Hall–Kier alpha value is -1.39. The van der Waals surface area contributed by atoms with E-state index in [4.69, 9.17) is 4.74 Å². The topological polar surface area (TPSA) is 57.0 Å². The van der Waals surface area contributed by atoms with Gasteiger partial charge >= 0.3 is 5.97 Å². The summed E-state index contributed by atoms with van der Waals surface area (Å²) in [5.74, 6) is 1.64. The number of hydrogen-bond acceptors (Lipinski definition) is 4. The maximum atomic E-state index is 11.4. The van der Waals surface area contributed by atoms with Crippen LogP contribution >= 0.6 is 0 Å². The first-order chi connectivity index (χ1) is 7.24. The molecule has 1 aromatic heterocycles. The molecule has 0 radical (unpaired) electrons. The molecule has 1 atom stereocenters. The minimum Gasteiger partial charge on any atom is -0.469 e. The molecule has 0 N–H and O–H groups in total. The summed E-state index contributed by atoms with van der Waals surface area (Å²) in [5, 5.41) is 4.33. The molecule has 0 fully saturated rings. The van der Waals surface area contributed by atoms with Crippen LogP contribution in [0.4, 0.5) is 0 Å². The minimum absolute atomic E-state index is 0.0612. The summed E-state index contributed by atoms with van der Waals surface area (Å²) in [6, 6.07) is 0. The van der Waals surface area contributed by atoms with Crippen LogP contribution < -0.4 is 0 Å². The molecule has 0 saturated heterocycles. The molecule has 1 aliphatic rings. The van der Waals surface area contributed by atoms with Crippen LogP contribution in [0.15, 0.2) is 0 Å². The molecule has 1 aliphatic heterocycles. The first kappa shape index (κ1) is 10.1. The number of hydrogen-bond donors (Lipinski definition) is 0. The van der Waals surface area contributed by atoms with Crippen LogP contribution in [0.25, 0.3) is 0 Å².